The first-order valence-electron chi connectivity index (χ1n) is 7.37. The molecule has 22 heavy (non-hydrogen) atoms. The summed E-state index contributed by atoms with van der Waals surface area (Å²) in [6.07, 6.45) is 0. The van der Waals surface area contributed by atoms with E-state index in [4.69, 9.17) is 9.84 Å². The van der Waals surface area contributed by atoms with Gasteiger partial charge in [0.15, 0.2) is 0 Å². The average molecular weight is 290 g/mol. The highest BCUT2D eigenvalue weighted by Gasteiger charge is 2.06. The van der Waals surface area contributed by atoms with E-state index in [9.17, 15) is 0 Å². The van der Waals surface area contributed by atoms with Crippen molar-refractivity contribution < 1.29 is 9.84 Å². The maximum absolute atomic E-state index is 8.93. The molecule has 1 N–H and O–H groups in total. The fourth-order valence-electron chi connectivity index (χ4n) is 2.46. The van der Waals surface area contributed by atoms with Crippen LogP contribution in [0.15, 0.2) is 78.9 Å². The number of aliphatic hydroxyl groups is 1. The molecule has 0 bridgehead atoms. The van der Waals surface area contributed by atoms with Gasteiger partial charge in [0.1, 0.15) is 12.4 Å². The third kappa shape index (κ3) is 3.18. The molecule has 0 fully saturated rings. The minimum absolute atomic E-state index is 0.0152. The van der Waals surface area contributed by atoms with Crippen LogP contribution in [0.1, 0.15) is 0 Å². The van der Waals surface area contributed by atoms with E-state index >= 15 is 0 Å². The van der Waals surface area contributed by atoms with Gasteiger partial charge in [-0.2, -0.15) is 0 Å². The smallest absolute Gasteiger partial charge is 0.127 e. The molecule has 0 heterocycles. The third-order valence-corrected chi connectivity index (χ3v) is 3.54. The van der Waals surface area contributed by atoms with E-state index in [0.717, 1.165) is 16.9 Å². The van der Waals surface area contributed by atoms with E-state index in [1.54, 1.807) is 0 Å². The lowest BCUT2D eigenvalue weighted by atomic mass is 10.00. The molecule has 0 amide bonds. The molecule has 0 spiro atoms. The Balaban J connectivity index is 1.90. The van der Waals surface area contributed by atoms with Crippen molar-refractivity contribution in [2.24, 2.45) is 0 Å². The van der Waals surface area contributed by atoms with Crippen molar-refractivity contribution in [3.05, 3.63) is 78.9 Å². The Labute approximate surface area is 130 Å². The second-order valence-electron chi connectivity index (χ2n) is 5.01. The number of benzene rings is 3. The molecular weight excluding hydrogens is 272 g/mol. The van der Waals surface area contributed by atoms with Gasteiger partial charge in [0.2, 0.25) is 0 Å². The summed E-state index contributed by atoms with van der Waals surface area (Å²) < 4.78 is 5.61. The molecule has 0 atom stereocenters. The van der Waals surface area contributed by atoms with Gasteiger partial charge in [-0.05, 0) is 22.8 Å². The molecule has 0 saturated carbocycles. The van der Waals surface area contributed by atoms with Crippen LogP contribution in [0.2, 0.25) is 0 Å². The lowest BCUT2D eigenvalue weighted by molar-refractivity contribution is 0.202. The Kier molecular flexibility index (Phi) is 4.52. The lowest BCUT2D eigenvalue weighted by Crippen LogP contribution is -2.02. The lowest BCUT2D eigenvalue weighted by Gasteiger charge is -2.11. The minimum atomic E-state index is 0.0152. The summed E-state index contributed by atoms with van der Waals surface area (Å²) >= 11 is 0. The maximum atomic E-state index is 8.93. The molecule has 2 nitrogen and oxygen atoms in total. The first kappa shape index (κ1) is 14.4. The van der Waals surface area contributed by atoms with Crippen LogP contribution >= 0.6 is 0 Å². The van der Waals surface area contributed by atoms with Crippen molar-refractivity contribution in [3.63, 3.8) is 0 Å². The van der Waals surface area contributed by atoms with Crippen molar-refractivity contribution in [2.45, 2.75) is 0 Å². The fraction of sp³-hybridized carbons (Fsp3) is 0.100. The predicted molar refractivity (Wildman–Crippen MR) is 89.9 cm³/mol. The van der Waals surface area contributed by atoms with E-state index in [-0.39, 0.29) is 6.61 Å². The SMILES string of the molecule is OCCOc1ccccc1-c1ccc(-c2ccccc2)cc1. The van der Waals surface area contributed by atoms with Crippen LogP contribution in [0.5, 0.6) is 5.75 Å². The highest BCUT2D eigenvalue weighted by atomic mass is 16.5. The van der Waals surface area contributed by atoms with Gasteiger partial charge < -0.3 is 9.84 Å². The summed E-state index contributed by atoms with van der Waals surface area (Å²) in [5.41, 5.74) is 4.54. The largest absolute Gasteiger partial charge is 0.491 e. The number of hydrogen-bond acceptors (Lipinski definition) is 2. The van der Waals surface area contributed by atoms with E-state index in [1.165, 1.54) is 11.1 Å². The zero-order chi connectivity index (χ0) is 15.2. The normalized spacial score (nSPS) is 10.4. The van der Waals surface area contributed by atoms with Gasteiger partial charge in [0.25, 0.3) is 0 Å². The first-order valence-corrected chi connectivity index (χ1v) is 7.37. The van der Waals surface area contributed by atoms with Crippen LogP contribution in [0, 0.1) is 0 Å². The quantitative estimate of drug-likeness (QED) is 0.755. The number of rotatable bonds is 5. The summed E-state index contributed by atoms with van der Waals surface area (Å²) in [5.74, 6) is 0.795. The van der Waals surface area contributed by atoms with E-state index in [0.29, 0.717) is 6.61 Å². The molecule has 3 aromatic carbocycles. The Hall–Kier alpha value is -2.58. The van der Waals surface area contributed by atoms with Gasteiger partial charge in [0, 0.05) is 5.56 Å². The molecule has 0 radical (unpaired) electrons. The van der Waals surface area contributed by atoms with Crippen molar-refractivity contribution in [1.29, 1.82) is 0 Å². The fourth-order valence-corrected chi connectivity index (χ4v) is 2.46. The standard InChI is InChI=1S/C20H18O2/c21-14-15-22-20-9-5-4-8-19(20)18-12-10-17(11-13-18)16-6-2-1-3-7-16/h1-13,21H,14-15H2. The third-order valence-electron chi connectivity index (χ3n) is 3.54. The Morgan fingerprint density at radius 2 is 1.23 bits per heavy atom. The molecule has 3 rings (SSSR count). The highest BCUT2D eigenvalue weighted by Crippen LogP contribution is 2.31. The van der Waals surface area contributed by atoms with Gasteiger partial charge in [-0.25, -0.2) is 0 Å². The summed E-state index contributed by atoms with van der Waals surface area (Å²) in [5, 5.41) is 8.93. The summed E-state index contributed by atoms with van der Waals surface area (Å²) in [6, 6.07) is 26.6. The molecular formula is C20H18O2. The summed E-state index contributed by atoms with van der Waals surface area (Å²) in [4.78, 5) is 0. The second-order valence-corrected chi connectivity index (χ2v) is 5.01. The zero-order valence-electron chi connectivity index (χ0n) is 12.3. The molecule has 0 saturated heterocycles. The van der Waals surface area contributed by atoms with Gasteiger partial charge >= 0.3 is 0 Å². The zero-order valence-corrected chi connectivity index (χ0v) is 12.3. The monoisotopic (exact) mass is 290 g/mol. The van der Waals surface area contributed by atoms with Gasteiger partial charge in [-0.1, -0.05) is 72.8 Å². The number of para-hydroxylation sites is 1. The van der Waals surface area contributed by atoms with Crippen molar-refractivity contribution in [3.8, 4) is 28.0 Å². The Morgan fingerprint density at radius 3 is 1.95 bits per heavy atom. The highest BCUT2D eigenvalue weighted by molar-refractivity contribution is 5.74. The van der Waals surface area contributed by atoms with Crippen molar-refractivity contribution >= 4 is 0 Å². The molecule has 0 aliphatic rings. The van der Waals surface area contributed by atoms with Gasteiger partial charge in [0.05, 0.1) is 6.61 Å². The first-order chi connectivity index (χ1) is 10.9. The topological polar surface area (TPSA) is 29.5 Å². The average Bonchev–Trinajstić information content (AvgIpc) is 2.61. The molecule has 0 unspecified atom stereocenters. The van der Waals surface area contributed by atoms with E-state index in [1.807, 2.05) is 42.5 Å². The number of ether oxygens (including phenoxy) is 1. The molecule has 2 heteroatoms. The maximum Gasteiger partial charge on any atom is 0.127 e. The van der Waals surface area contributed by atoms with Crippen molar-refractivity contribution in [2.75, 3.05) is 13.2 Å². The van der Waals surface area contributed by atoms with Crippen LogP contribution in [-0.4, -0.2) is 18.3 Å². The summed E-state index contributed by atoms with van der Waals surface area (Å²) in [7, 11) is 0. The van der Waals surface area contributed by atoms with Crippen LogP contribution in [0.3, 0.4) is 0 Å². The van der Waals surface area contributed by atoms with Crippen LogP contribution in [0.25, 0.3) is 22.3 Å². The van der Waals surface area contributed by atoms with Gasteiger partial charge in [-0.15, -0.1) is 0 Å². The Morgan fingerprint density at radius 1 is 0.636 bits per heavy atom. The van der Waals surface area contributed by atoms with Crippen molar-refractivity contribution in [1.82, 2.24) is 0 Å². The molecule has 0 aliphatic heterocycles. The van der Waals surface area contributed by atoms with Crippen LogP contribution in [0.4, 0.5) is 0 Å². The number of aliphatic hydroxyl groups excluding tert-OH is 1. The minimum Gasteiger partial charge on any atom is -0.491 e. The van der Waals surface area contributed by atoms with Crippen LogP contribution < -0.4 is 4.74 Å². The van der Waals surface area contributed by atoms with E-state index in [2.05, 4.69) is 36.4 Å². The van der Waals surface area contributed by atoms with Gasteiger partial charge in [-0.3, -0.25) is 0 Å². The summed E-state index contributed by atoms with van der Waals surface area (Å²) in [6.45, 7) is 0.320. The molecule has 110 valence electrons. The van der Waals surface area contributed by atoms with Crippen LogP contribution in [-0.2, 0) is 0 Å². The Bertz CT molecular complexity index is 718. The molecule has 0 aliphatic carbocycles. The van der Waals surface area contributed by atoms with E-state index < -0.39 is 0 Å². The number of hydrogen-bond donors (Lipinski definition) is 1. The molecule has 3 aromatic rings. The second kappa shape index (κ2) is 6.92. The predicted octanol–water partition coefficient (Wildman–Crippen LogP) is 4.39. The molecule has 0 aromatic heterocycles.